The average Bonchev–Trinajstić information content (AvgIpc) is 2.11. The highest BCUT2D eigenvalue weighted by Gasteiger charge is 2.39. The first-order valence-electron chi connectivity index (χ1n) is 4.11. The van der Waals surface area contributed by atoms with E-state index in [1.54, 1.807) is 0 Å². The predicted octanol–water partition coefficient (Wildman–Crippen LogP) is 3.03. The fraction of sp³-hybridized carbons (Fsp3) is 0.143. The number of halogens is 5. The van der Waals surface area contributed by atoms with Crippen molar-refractivity contribution < 1.29 is 31.2 Å². The lowest BCUT2D eigenvalue weighted by Crippen LogP contribution is -2.19. The molecule has 0 unspecified atom stereocenters. The van der Waals surface area contributed by atoms with Crippen molar-refractivity contribution >= 4 is 48.0 Å². The molecule has 0 fully saturated rings. The van der Waals surface area contributed by atoms with Crippen LogP contribution in [0.5, 0.6) is 5.75 Å². The van der Waals surface area contributed by atoms with E-state index in [1.807, 2.05) is 0 Å². The summed E-state index contributed by atoms with van der Waals surface area (Å²) in [6, 6.07) is 1.63. The van der Waals surface area contributed by atoms with E-state index >= 15 is 0 Å². The molecule has 0 heterocycles. The van der Waals surface area contributed by atoms with Crippen LogP contribution in [0.1, 0.15) is 0 Å². The summed E-state index contributed by atoms with van der Waals surface area (Å²) in [5, 5.41) is 10.6. The molecule has 6 nitrogen and oxygen atoms in total. The minimum absolute atomic E-state index is 0.238. The van der Waals surface area contributed by atoms with Crippen LogP contribution in [0, 0.1) is 13.7 Å². The van der Waals surface area contributed by atoms with Gasteiger partial charge in [0.1, 0.15) is 4.90 Å². The van der Waals surface area contributed by atoms with Crippen LogP contribution in [0.15, 0.2) is 17.0 Å². The van der Waals surface area contributed by atoms with Crippen molar-refractivity contribution in [1.82, 2.24) is 0 Å². The third kappa shape index (κ3) is 4.07. The molecule has 0 aliphatic rings. The monoisotopic (exact) mass is 431 g/mol. The lowest BCUT2D eigenvalue weighted by molar-refractivity contribution is -0.389. The van der Waals surface area contributed by atoms with E-state index in [9.17, 15) is 31.7 Å². The molecule has 0 spiro atoms. The van der Waals surface area contributed by atoms with Crippen molar-refractivity contribution in [2.45, 2.75) is 11.3 Å². The van der Waals surface area contributed by atoms with Crippen LogP contribution in [-0.4, -0.2) is 19.7 Å². The highest BCUT2D eigenvalue weighted by molar-refractivity contribution is 14.1. The van der Waals surface area contributed by atoms with Crippen LogP contribution in [0.4, 0.5) is 18.9 Å². The molecule has 0 N–H and O–H groups in total. The molecular weight excluding hydrogens is 429 g/mol. The topological polar surface area (TPSA) is 86.5 Å². The Bertz CT molecular complexity index is 632. The molecule has 19 heavy (non-hydrogen) atoms. The molecule has 0 aliphatic carbocycles. The molecule has 0 radical (unpaired) electrons. The largest absolute Gasteiger partial charge is 0.573 e. The van der Waals surface area contributed by atoms with E-state index in [-0.39, 0.29) is 3.57 Å². The maximum atomic E-state index is 12.2. The zero-order valence-electron chi connectivity index (χ0n) is 8.44. The molecule has 1 aromatic rings. The van der Waals surface area contributed by atoms with Crippen molar-refractivity contribution in [1.29, 1.82) is 0 Å². The Morgan fingerprint density at radius 2 is 1.89 bits per heavy atom. The molecule has 106 valence electrons. The summed E-state index contributed by atoms with van der Waals surface area (Å²) in [6.07, 6.45) is -5.30. The van der Waals surface area contributed by atoms with Crippen molar-refractivity contribution in [3.63, 3.8) is 0 Å². The molecular formula is C7H2ClF3INO5S. The Morgan fingerprint density at radius 3 is 2.26 bits per heavy atom. The zero-order chi connectivity index (χ0) is 15.0. The number of nitro benzene ring substituents is 1. The highest BCUT2D eigenvalue weighted by atomic mass is 127. The van der Waals surface area contributed by atoms with Gasteiger partial charge in [0, 0.05) is 20.3 Å². The standard InChI is InChI=1S/C7H2ClF3INO5S/c8-19(16,17)6-3(12)1-2-4(13(14)15)5(6)18-7(9,10)11/h1-2H. The smallest absolute Gasteiger partial charge is 0.397 e. The highest BCUT2D eigenvalue weighted by Crippen LogP contribution is 2.41. The van der Waals surface area contributed by atoms with Crippen LogP contribution in [0.2, 0.25) is 0 Å². The number of ether oxygens (including phenoxy) is 1. The molecule has 1 aromatic carbocycles. The maximum absolute atomic E-state index is 12.2. The van der Waals surface area contributed by atoms with Gasteiger partial charge in [-0.05, 0) is 28.7 Å². The van der Waals surface area contributed by atoms with Crippen molar-refractivity contribution in [2.75, 3.05) is 0 Å². The van der Waals surface area contributed by atoms with Gasteiger partial charge >= 0.3 is 12.0 Å². The summed E-state index contributed by atoms with van der Waals surface area (Å²) in [5.74, 6) is -1.46. The van der Waals surface area contributed by atoms with Crippen LogP contribution >= 0.6 is 33.3 Å². The fourth-order valence-corrected chi connectivity index (χ4v) is 3.93. The summed E-state index contributed by atoms with van der Waals surface area (Å²) in [6.45, 7) is 0. The van der Waals surface area contributed by atoms with Crippen LogP contribution in [0.25, 0.3) is 0 Å². The molecule has 0 aliphatic heterocycles. The van der Waals surface area contributed by atoms with E-state index in [0.717, 1.165) is 6.07 Å². The molecule has 0 aromatic heterocycles. The second kappa shape index (κ2) is 5.28. The number of rotatable bonds is 3. The van der Waals surface area contributed by atoms with Crippen LogP contribution in [-0.2, 0) is 9.05 Å². The molecule has 0 atom stereocenters. The number of nitro groups is 1. The lowest BCUT2D eigenvalue weighted by atomic mass is 10.3. The number of benzene rings is 1. The summed E-state index contributed by atoms with van der Waals surface area (Å²) in [7, 11) is 0.315. The van der Waals surface area contributed by atoms with Gasteiger partial charge in [-0.25, -0.2) is 8.42 Å². The van der Waals surface area contributed by atoms with Gasteiger partial charge in [-0.3, -0.25) is 10.1 Å². The first-order valence-corrected chi connectivity index (χ1v) is 7.49. The lowest BCUT2D eigenvalue weighted by Gasteiger charge is -2.12. The predicted molar refractivity (Wildman–Crippen MR) is 65.5 cm³/mol. The number of nitrogens with zero attached hydrogens (tertiary/aromatic N) is 1. The Morgan fingerprint density at radius 1 is 1.37 bits per heavy atom. The van der Waals surface area contributed by atoms with Gasteiger partial charge in [-0.2, -0.15) is 0 Å². The Hall–Kier alpha value is -0.820. The Labute approximate surface area is 122 Å². The van der Waals surface area contributed by atoms with Crippen molar-refractivity contribution in [3.05, 3.63) is 25.8 Å². The first kappa shape index (κ1) is 16.2. The van der Waals surface area contributed by atoms with Gasteiger partial charge in [-0.15, -0.1) is 13.2 Å². The molecule has 0 bridgehead atoms. The van der Waals surface area contributed by atoms with Crippen molar-refractivity contribution in [3.8, 4) is 5.75 Å². The van der Waals surface area contributed by atoms with Crippen LogP contribution < -0.4 is 4.74 Å². The van der Waals surface area contributed by atoms with Gasteiger partial charge in [0.05, 0.1) is 4.92 Å². The van der Waals surface area contributed by atoms with Gasteiger partial charge < -0.3 is 4.74 Å². The fourth-order valence-electron chi connectivity index (χ4n) is 1.11. The molecule has 12 heteroatoms. The van der Waals surface area contributed by atoms with Gasteiger partial charge in [0.25, 0.3) is 9.05 Å². The van der Waals surface area contributed by atoms with Crippen LogP contribution in [0.3, 0.4) is 0 Å². The quantitative estimate of drug-likeness (QED) is 0.318. The molecule has 1 rings (SSSR count). The normalized spacial score (nSPS) is 12.3. The Balaban J connectivity index is 3.70. The maximum Gasteiger partial charge on any atom is 0.573 e. The minimum atomic E-state index is -5.30. The third-order valence-corrected chi connectivity index (χ3v) is 4.32. The summed E-state index contributed by atoms with van der Waals surface area (Å²) in [5.41, 5.74) is -1.16. The second-order valence-corrected chi connectivity index (χ2v) is 6.63. The van der Waals surface area contributed by atoms with Gasteiger partial charge in [0.15, 0.2) is 0 Å². The van der Waals surface area contributed by atoms with E-state index in [4.69, 9.17) is 10.7 Å². The number of alkyl halides is 3. The minimum Gasteiger partial charge on any atom is -0.397 e. The Kier molecular flexibility index (Phi) is 4.51. The average molecular weight is 432 g/mol. The van der Waals surface area contributed by atoms with Gasteiger partial charge in [-0.1, -0.05) is 0 Å². The number of hydrogen-bond acceptors (Lipinski definition) is 5. The molecule has 0 saturated carbocycles. The summed E-state index contributed by atoms with van der Waals surface area (Å²) in [4.78, 5) is 8.31. The summed E-state index contributed by atoms with van der Waals surface area (Å²) >= 11 is 1.37. The SMILES string of the molecule is O=[N+]([O-])c1ccc(I)c(S(=O)(=O)Cl)c1OC(F)(F)F. The molecule has 0 amide bonds. The van der Waals surface area contributed by atoms with E-state index in [2.05, 4.69) is 4.74 Å². The second-order valence-electron chi connectivity index (χ2n) is 2.97. The molecule has 0 saturated heterocycles. The zero-order valence-corrected chi connectivity index (χ0v) is 12.2. The van der Waals surface area contributed by atoms with E-state index in [1.165, 1.54) is 22.6 Å². The van der Waals surface area contributed by atoms with E-state index in [0.29, 0.717) is 6.07 Å². The van der Waals surface area contributed by atoms with E-state index < -0.39 is 36.7 Å². The number of hydrogen-bond donors (Lipinski definition) is 0. The third-order valence-electron chi connectivity index (χ3n) is 1.70. The van der Waals surface area contributed by atoms with Crippen molar-refractivity contribution in [2.24, 2.45) is 0 Å². The van der Waals surface area contributed by atoms with Gasteiger partial charge in [0.2, 0.25) is 5.75 Å². The summed E-state index contributed by atoms with van der Waals surface area (Å²) < 4.78 is 62.2. The first-order chi connectivity index (χ1) is 8.43.